The zero-order valence-electron chi connectivity index (χ0n) is 8.66. The molecular formula is C12H16ClNS. The molecule has 3 heteroatoms. The van der Waals surface area contributed by atoms with Crippen molar-refractivity contribution in [2.24, 2.45) is 5.73 Å². The highest BCUT2D eigenvalue weighted by Crippen LogP contribution is 2.33. The van der Waals surface area contributed by atoms with Crippen molar-refractivity contribution < 1.29 is 0 Å². The van der Waals surface area contributed by atoms with Crippen molar-refractivity contribution in [3.63, 3.8) is 0 Å². The van der Waals surface area contributed by atoms with Gasteiger partial charge in [0.1, 0.15) is 0 Å². The van der Waals surface area contributed by atoms with E-state index in [0.717, 1.165) is 11.4 Å². The first-order valence-electron chi connectivity index (χ1n) is 5.42. The Bertz CT molecular complexity index is 329. The zero-order chi connectivity index (χ0) is 10.7. The number of hydrogen-bond donors (Lipinski definition) is 1. The Balaban J connectivity index is 1.96. The Labute approximate surface area is 100 Å². The number of nitrogens with two attached hydrogens (primary N) is 1. The van der Waals surface area contributed by atoms with Gasteiger partial charge in [0.05, 0.1) is 0 Å². The molecule has 0 aliphatic heterocycles. The van der Waals surface area contributed by atoms with Crippen molar-refractivity contribution in [2.45, 2.75) is 41.9 Å². The van der Waals surface area contributed by atoms with E-state index in [2.05, 4.69) is 6.07 Å². The molecule has 2 rings (SSSR count). The molecule has 0 radical (unpaired) electrons. The van der Waals surface area contributed by atoms with Gasteiger partial charge in [-0.3, -0.25) is 0 Å². The van der Waals surface area contributed by atoms with Crippen LogP contribution in [0.2, 0.25) is 5.02 Å². The molecule has 1 aromatic rings. The first-order valence-corrected chi connectivity index (χ1v) is 6.67. The van der Waals surface area contributed by atoms with Gasteiger partial charge < -0.3 is 5.73 Å². The summed E-state index contributed by atoms with van der Waals surface area (Å²) in [6, 6.07) is 8.48. The van der Waals surface area contributed by atoms with Gasteiger partial charge in [0, 0.05) is 21.2 Å². The Morgan fingerprint density at radius 2 is 2.20 bits per heavy atom. The normalized spacial score (nSPS) is 26.5. The third-order valence-corrected chi connectivity index (χ3v) is 4.29. The molecule has 0 spiro atoms. The van der Waals surface area contributed by atoms with E-state index in [0.29, 0.717) is 11.3 Å². The first kappa shape index (κ1) is 11.3. The van der Waals surface area contributed by atoms with Crippen LogP contribution in [0.15, 0.2) is 29.2 Å². The van der Waals surface area contributed by atoms with Crippen molar-refractivity contribution in [2.75, 3.05) is 0 Å². The van der Waals surface area contributed by atoms with E-state index >= 15 is 0 Å². The van der Waals surface area contributed by atoms with Crippen LogP contribution in [-0.2, 0) is 0 Å². The van der Waals surface area contributed by atoms with Crippen LogP contribution in [0.3, 0.4) is 0 Å². The number of thioether (sulfide) groups is 1. The van der Waals surface area contributed by atoms with Gasteiger partial charge in [0.25, 0.3) is 0 Å². The highest BCUT2D eigenvalue weighted by atomic mass is 35.5. The van der Waals surface area contributed by atoms with Crippen LogP contribution in [0.25, 0.3) is 0 Å². The number of hydrogen-bond acceptors (Lipinski definition) is 2. The van der Waals surface area contributed by atoms with Crippen LogP contribution in [0.1, 0.15) is 25.7 Å². The van der Waals surface area contributed by atoms with Crippen LogP contribution in [0.4, 0.5) is 0 Å². The molecule has 0 aromatic heterocycles. The SMILES string of the molecule is NC1CCCC(Sc2cccc(Cl)c2)C1. The van der Waals surface area contributed by atoms with Gasteiger partial charge in [-0.15, -0.1) is 11.8 Å². The summed E-state index contributed by atoms with van der Waals surface area (Å²) < 4.78 is 0. The third kappa shape index (κ3) is 3.40. The fourth-order valence-corrected chi connectivity index (χ4v) is 3.64. The molecule has 0 heterocycles. The van der Waals surface area contributed by atoms with Crippen LogP contribution in [-0.4, -0.2) is 11.3 Å². The van der Waals surface area contributed by atoms with E-state index in [1.807, 2.05) is 30.0 Å². The fraction of sp³-hybridized carbons (Fsp3) is 0.500. The minimum absolute atomic E-state index is 0.399. The van der Waals surface area contributed by atoms with E-state index in [9.17, 15) is 0 Å². The van der Waals surface area contributed by atoms with Crippen molar-refractivity contribution in [3.8, 4) is 0 Å². The predicted molar refractivity (Wildman–Crippen MR) is 67.5 cm³/mol. The second kappa shape index (κ2) is 5.24. The van der Waals surface area contributed by atoms with Crippen LogP contribution in [0, 0.1) is 0 Å². The molecule has 2 atom stereocenters. The first-order chi connectivity index (χ1) is 7.24. The van der Waals surface area contributed by atoms with Crippen molar-refractivity contribution in [1.29, 1.82) is 0 Å². The summed E-state index contributed by atoms with van der Waals surface area (Å²) in [5.74, 6) is 0. The summed E-state index contributed by atoms with van der Waals surface area (Å²) in [4.78, 5) is 1.27. The minimum Gasteiger partial charge on any atom is -0.328 e. The Morgan fingerprint density at radius 1 is 1.33 bits per heavy atom. The van der Waals surface area contributed by atoms with Gasteiger partial charge in [0.15, 0.2) is 0 Å². The summed E-state index contributed by atoms with van der Waals surface area (Å²) in [5, 5.41) is 1.49. The second-order valence-electron chi connectivity index (χ2n) is 4.12. The smallest absolute Gasteiger partial charge is 0.0417 e. The monoisotopic (exact) mass is 241 g/mol. The maximum Gasteiger partial charge on any atom is 0.0417 e. The summed E-state index contributed by atoms with van der Waals surface area (Å²) in [6.45, 7) is 0. The summed E-state index contributed by atoms with van der Waals surface area (Å²) in [6.07, 6.45) is 4.87. The molecule has 0 saturated heterocycles. The fourth-order valence-electron chi connectivity index (χ4n) is 2.02. The Morgan fingerprint density at radius 3 is 2.93 bits per heavy atom. The van der Waals surface area contributed by atoms with E-state index < -0.39 is 0 Å². The van der Waals surface area contributed by atoms with E-state index in [1.54, 1.807) is 0 Å². The van der Waals surface area contributed by atoms with Gasteiger partial charge >= 0.3 is 0 Å². The molecule has 1 nitrogen and oxygen atoms in total. The molecule has 1 aliphatic rings. The quantitative estimate of drug-likeness (QED) is 0.855. The third-order valence-electron chi connectivity index (χ3n) is 2.77. The molecule has 1 aliphatic carbocycles. The largest absolute Gasteiger partial charge is 0.328 e. The summed E-state index contributed by atoms with van der Waals surface area (Å²) in [5.41, 5.74) is 5.97. The topological polar surface area (TPSA) is 26.0 Å². The highest BCUT2D eigenvalue weighted by Gasteiger charge is 2.19. The minimum atomic E-state index is 0.399. The van der Waals surface area contributed by atoms with Gasteiger partial charge in [-0.25, -0.2) is 0 Å². The molecule has 1 aromatic carbocycles. The van der Waals surface area contributed by atoms with Crippen molar-refractivity contribution >= 4 is 23.4 Å². The number of benzene rings is 1. The van der Waals surface area contributed by atoms with Crippen LogP contribution < -0.4 is 5.73 Å². The molecular weight excluding hydrogens is 226 g/mol. The maximum absolute atomic E-state index is 5.97. The van der Waals surface area contributed by atoms with Gasteiger partial charge in [-0.1, -0.05) is 24.1 Å². The maximum atomic E-state index is 5.97. The van der Waals surface area contributed by atoms with Crippen molar-refractivity contribution in [1.82, 2.24) is 0 Å². The lowest BCUT2D eigenvalue weighted by molar-refractivity contribution is 0.451. The summed E-state index contributed by atoms with van der Waals surface area (Å²) >= 11 is 7.87. The lowest BCUT2D eigenvalue weighted by Crippen LogP contribution is -2.29. The second-order valence-corrected chi connectivity index (χ2v) is 5.93. The van der Waals surface area contributed by atoms with Gasteiger partial charge in [0.2, 0.25) is 0 Å². The lowest BCUT2D eigenvalue weighted by Gasteiger charge is -2.26. The van der Waals surface area contributed by atoms with Gasteiger partial charge in [-0.05, 0) is 37.5 Å². The molecule has 2 unspecified atom stereocenters. The van der Waals surface area contributed by atoms with Crippen LogP contribution in [0.5, 0.6) is 0 Å². The zero-order valence-corrected chi connectivity index (χ0v) is 10.2. The van der Waals surface area contributed by atoms with E-state index in [1.165, 1.54) is 24.2 Å². The standard InChI is InChI=1S/C12H16ClNS/c13-9-3-1-5-11(7-9)15-12-6-2-4-10(14)8-12/h1,3,5,7,10,12H,2,4,6,8,14H2. The van der Waals surface area contributed by atoms with Gasteiger partial charge in [-0.2, -0.15) is 0 Å². The molecule has 0 amide bonds. The molecule has 2 N–H and O–H groups in total. The average Bonchev–Trinajstić information content (AvgIpc) is 2.17. The number of halogens is 1. The van der Waals surface area contributed by atoms with E-state index in [4.69, 9.17) is 17.3 Å². The molecule has 82 valence electrons. The van der Waals surface area contributed by atoms with E-state index in [-0.39, 0.29) is 0 Å². The molecule has 0 bridgehead atoms. The highest BCUT2D eigenvalue weighted by molar-refractivity contribution is 8.00. The molecule has 1 saturated carbocycles. The molecule has 1 fully saturated rings. The van der Waals surface area contributed by atoms with Crippen LogP contribution >= 0.6 is 23.4 Å². The van der Waals surface area contributed by atoms with Crippen molar-refractivity contribution in [3.05, 3.63) is 29.3 Å². The Kier molecular flexibility index (Phi) is 3.95. The summed E-state index contributed by atoms with van der Waals surface area (Å²) in [7, 11) is 0. The average molecular weight is 242 g/mol. The molecule has 15 heavy (non-hydrogen) atoms. The lowest BCUT2D eigenvalue weighted by atomic mass is 9.96. The predicted octanol–water partition coefficient (Wildman–Crippen LogP) is 3.70. The number of rotatable bonds is 2. The Hall–Kier alpha value is -0.180.